The summed E-state index contributed by atoms with van der Waals surface area (Å²) in [6, 6.07) is 12.5. The van der Waals surface area contributed by atoms with E-state index >= 15 is 0 Å². The van der Waals surface area contributed by atoms with Gasteiger partial charge < -0.3 is 10.1 Å². The zero-order valence-corrected chi connectivity index (χ0v) is 13.2. The number of carbonyl (C=O) groups excluding carboxylic acids is 2. The van der Waals surface area contributed by atoms with Crippen molar-refractivity contribution in [2.45, 2.75) is 18.9 Å². The number of nitrogens with zero attached hydrogens (tertiary/aromatic N) is 2. The Balaban J connectivity index is 1.80. The number of ether oxygens (including phenoxy) is 1. The molecule has 1 fully saturated rings. The number of pyridine rings is 1. The fraction of sp³-hybridized carbons (Fsp3) is 0.278. The van der Waals surface area contributed by atoms with E-state index in [1.807, 2.05) is 30.3 Å². The van der Waals surface area contributed by atoms with Gasteiger partial charge in [0.15, 0.2) is 0 Å². The number of benzene rings is 1. The van der Waals surface area contributed by atoms with Crippen LogP contribution in [0.15, 0.2) is 54.9 Å². The van der Waals surface area contributed by atoms with Crippen molar-refractivity contribution in [3.05, 3.63) is 60.4 Å². The molecule has 2 aromatic rings. The third-order valence-electron chi connectivity index (χ3n) is 3.90. The Bertz CT molecular complexity index is 691. The van der Waals surface area contributed by atoms with E-state index in [9.17, 15) is 9.59 Å². The second-order valence-electron chi connectivity index (χ2n) is 5.59. The van der Waals surface area contributed by atoms with Gasteiger partial charge in [0, 0.05) is 31.0 Å². The summed E-state index contributed by atoms with van der Waals surface area (Å²) in [5.41, 5.74) is 1.64. The van der Waals surface area contributed by atoms with Crippen molar-refractivity contribution in [2.24, 2.45) is 0 Å². The average Bonchev–Trinajstić information content (AvgIpc) is 2.62. The number of hydrogen-bond acceptors (Lipinski definition) is 4. The molecule has 1 N–H and O–H groups in total. The molecule has 6 nitrogen and oxygen atoms in total. The van der Waals surface area contributed by atoms with Crippen LogP contribution in [0, 0.1) is 0 Å². The maximum atomic E-state index is 12.8. The maximum absolute atomic E-state index is 12.8. The van der Waals surface area contributed by atoms with Crippen molar-refractivity contribution in [3.8, 4) is 0 Å². The van der Waals surface area contributed by atoms with Gasteiger partial charge in [-0.05, 0) is 24.1 Å². The molecule has 0 spiro atoms. The number of carbonyl (C=O) groups is 2. The molecule has 2 amide bonds. The second kappa shape index (κ2) is 7.59. The summed E-state index contributed by atoms with van der Waals surface area (Å²) in [4.78, 5) is 30.3. The largest absolute Gasteiger partial charge is 0.449 e. The van der Waals surface area contributed by atoms with Crippen LogP contribution >= 0.6 is 0 Å². The standard InChI is InChI=1S/C18H19N3O3/c22-17(20-15-7-9-19-10-8-15)16(13-14-5-2-1-3-6-14)21-11-4-12-24-18(21)23/h1-3,5-10,16H,4,11-13H2,(H,19,20,22)/t16-/m0/s1. The lowest BCUT2D eigenvalue weighted by atomic mass is 10.0. The van der Waals surface area contributed by atoms with E-state index in [2.05, 4.69) is 10.3 Å². The van der Waals surface area contributed by atoms with Crippen molar-refractivity contribution < 1.29 is 14.3 Å². The van der Waals surface area contributed by atoms with Gasteiger partial charge in [0.05, 0.1) is 6.61 Å². The van der Waals surface area contributed by atoms with Gasteiger partial charge in [-0.3, -0.25) is 14.7 Å². The van der Waals surface area contributed by atoms with Crippen molar-refractivity contribution in [1.82, 2.24) is 9.88 Å². The molecule has 1 saturated heterocycles. The number of hydrogen-bond donors (Lipinski definition) is 1. The van der Waals surface area contributed by atoms with Gasteiger partial charge in [-0.25, -0.2) is 4.79 Å². The van der Waals surface area contributed by atoms with E-state index in [0.717, 1.165) is 12.0 Å². The lowest BCUT2D eigenvalue weighted by Gasteiger charge is -2.33. The van der Waals surface area contributed by atoms with Crippen LogP contribution in [-0.2, 0) is 16.0 Å². The summed E-state index contributed by atoms with van der Waals surface area (Å²) < 4.78 is 5.11. The first kappa shape index (κ1) is 16.0. The third-order valence-corrected chi connectivity index (χ3v) is 3.90. The lowest BCUT2D eigenvalue weighted by molar-refractivity contribution is -0.121. The van der Waals surface area contributed by atoms with Gasteiger partial charge in [0.2, 0.25) is 5.91 Å². The van der Waals surface area contributed by atoms with Crippen molar-refractivity contribution in [2.75, 3.05) is 18.5 Å². The number of anilines is 1. The van der Waals surface area contributed by atoms with Crippen LogP contribution < -0.4 is 5.32 Å². The molecule has 1 aliphatic heterocycles. The third kappa shape index (κ3) is 3.90. The molecular weight excluding hydrogens is 306 g/mol. The van der Waals surface area contributed by atoms with E-state index < -0.39 is 12.1 Å². The summed E-state index contributed by atoms with van der Waals surface area (Å²) in [6.45, 7) is 0.916. The molecule has 6 heteroatoms. The van der Waals surface area contributed by atoms with E-state index in [4.69, 9.17) is 4.74 Å². The molecule has 2 heterocycles. The van der Waals surface area contributed by atoms with E-state index in [1.165, 1.54) is 4.90 Å². The van der Waals surface area contributed by atoms with Crippen molar-refractivity contribution >= 4 is 17.7 Å². The lowest BCUT2D eigenvalue weighted by Crippen LogP contribution is -2.51. The first-order valence-corrected chi connectivity index (χ1v) is 7.92. The smallest absolute Gasteiger partial charge is 0.410 e. The van der Waals surface area contributed by atoms with Crippen LogP contribution in [0.1, 0.15) is 12.0 Å². The Kier molecular flexibility index (Phi) is 5.05. The number of cyclic esters (lactones) is 1. The Labute approximate surface area is 140 Å². The van der Waals surface area contributed by atoms with Crippen LogP contribution in [0.3, 0.4) is 0 Å². The average molecular weight is 325 g/mol. The minimum atomic E-state index is -0.617. The Morgan fingerprint density at radius 3 is 2.67 bits per heavy atom. The SMILES string of the molecule is O=C(Nc1ccncc1)[C@H](Cc1ccccc1)N1CCCOC1=O. The van der Waals surface area contributed by atoms with Gasteiger partial charge in [0.1, 0.15) is 6.04 Å². The zero-order chi connectivity index (χ0) is 16.8. The molecule has 0 aliphatic carbocycles. The maximum Gasteiger partial charge on any atom is 0.410 e. The van der Waals surface area contributed by atoms with E-state index in [0.29, 0.717) is 25.3 Å². The summed E-state index contributed by atoms with van der Waals surface area (Å²) in [6.07, 6.45) is 3.94. The predicted molar refractivity (Wildman–Crippen MR) is 89.5 cm³/mol. The van der Waals surface area contributed by atoms with Gasteiger partial charge in [0.25, 0.3) is 0 Å². The molecule has 1 aliphatic rings. The van der Waals surface area contributed by atoms with Crippen LogP contribution in [0.4, 0.5) is 10.5 Å². The van der Waals surface area contributed by atoms with Gasteiger partial charge in [-0.15, -0.1) is 0 Å². The van der Waals surface area contributed by atoms with Crippen LogP contribution in [0.2, 0.25) is 0 Å². The molecule has 0 unspecified atom stereocenters. The first-order chi connectivity index (χ1) is 11.7. The summed E-state index contributed by atoms with van der Waals surface area (Å²) in [7, 11) is 0. The molecule has 0 radical (unpaired) electrons. The number of rotatable bonds is 5. The molecule has 1 aromatic heterocycles. The quantitative estimate of drug-likeness (QED) is 0.917. The molecule has 1 atom stereocenters. The Morgan fingerprint density at radius 1 is 1.21 bits per heavy atom. The fourth-order valence-electron chi connectivity index (χ4n) is 2.69. The van der Waals surface area contributed by atoms with E-state index in [1.54, 1.807) is 24.5 Å². The van der Waals surface area contributed by atoms with Crippen molar-refractivity contribution in [3.63, 3.8) is 0 Å². The molecule has 124 valence electrons. The second-order valence-corrected chi connectivity index (χ2v) is 5.59. The predicted octanol–water partition coefficient (Wildman–Crippen LogP) is 2.47. The molecule has 0 bridgehead atoms. The van der Waals surface area contributed by atoms with Crippen molar-refractivity contribution in [1.29, 1.82) is 0 Å². The minimum Gasteiger partial charge on any atom is -0.449 e. The molecule has 1 aromatic carbocycles. The normalized spacial score (nSPS) is 15.5. The topological polar surface area (TPSA) is 71.5 Å². The number of aromatic nitrogens is 1. The van der Waals surface area contributed by atoms with Gasteiger partial charge in [-0.1, -0.05) is 30.3 Å². The van der Waals surface area contributed by atoms with Gasteiger partial charge >= 0.3 is 6.09 Å². The zero-order valence-electron chi connectivity index (χ0n) is 13.2. The fourth-order valence-corrected chi connectivity index (χ4v) is 2.69. The molecule has 3 rings (SSSR count). The summed E-state index contributed by atoms with van der Waals surface area (Å²) >= 11 is 0. The molecular formula is C18H19N3O3. The highest BCUT2D eigenvalue weighted by Crippen LogP contribution is 2.16. The Morgan fingerprint density at radius 2 is 1.96 bits per heavy atom. The summed E-state index contributed by atoms with van der Waals surface area (Å²) in [5, 5.41) is 2.85. The highest BCUT2D eigenvalue weighted by Gasteiger charge is 2.33. The molecule has 0 saturated carbocycles. The van der Waals surface area contributed by atoms with E-state index in [-0.39, 0.29) is 5.91 Å². The van der Waals surface area contributed by atoms with Gasteiger partial charge in [-0.2, -0.15) is 0 Å². The highest BCUT2D eigenvalue weighted by molar-refractivity contribution is 5.96. The number of nitrogens with one attached hydrogen (secondary N) is 1. The Hall–Kier alpha value is -2.89. The summed E-state index contributed by atoms with van der Waals surface area (Å²) in [5.74, 6) is -0.232. The first-order valence-electron chi connectivity index (χ1n) is 7.92. The minimum absolute atomic E-state index is 0.232. The number of amides is 2. The highest BCUT2D eigenvalue weighted by atomic mass is 16.6. The molecule has 24 heavy (non-hydrogen) atoms. The van der Waals surface area contributed by atoms with Crippen LogP contribution in [0.5, 0.6) is 0 Å². The monoisotopic (exact) mass is 325 g/mol. The van der Waals surface area contributed by atoms with Crippen LogP contribution in [-0.4, -0.2) is 41.1 Å². The van der Waals surface area contributed by atoms with Crippen LogP contribution in [0.25, 0.3) is 0 Å².